The highest BCUT2D eigenvalue weighted by Gasteiger charge is 2.41. The van der Waals surface area contributed by atoms with Crippen LogP contribution in [0.4, 0.5) is 0 Å². The number of carbonyl (C=O) groups excluding carboxylic acids is 5. The van der Waals surface area contributed by atoms with E-state index in [-0.39, 0.29) is 44.0 Å². The van der Waals surface area contributed by atoms with Gasteiger partial charge in [0.05, 0.1) is 26.1 Å². The van der Waals surface area contributed by atoms with Crippen molar-refractivity contribution in [2.45, 2.75) is 45.7 Å². The zero-order valence-corrected chi connectivity index (χ0v) is 15.7. The minimum absolute atomic E-state index is 0.000528. The van der Waals surface area contributed by atoms with E-state index in [0.29, 0.717) is 6.54 Å². The summed E-state index contributed by atoms with van der Waals surface area (Å²) >= 11 is 0. The Morgan fingerprint density at radius 3 is 2.35 bits per heavy atom. The fourth-order valence-corrected chi connectivity index (χ4v) is 2.95. The molecule has 1 aliphatic heterocycles. The van der Waals surface area contributed by atoms with E-state index in [1.165, 1.54) is 30.8 Å². The molecule has 1 rings (SSSR count). The minimum atomic E-state index is -1.05. The predicted molar refractivity (Wildman–Crippen MR) is 92.2 cm³/mol. The number of rotatable bonds is 9. The third-order valence-electron chi connectivity index (χ3n) is 4.11. The Hall–Kier alpha value is -2.29. The predicted octanol–water partition coefficient (Wildman–Crippen LogP) is -0.865. The van der Waals surface area contributed by atoms with Crippen molar-refractivity contribution in [1.82, 2.24) is 15.1 Å². The highest BCUT2D eigenvalue weighted by molar-refractivity contribution is 5.96. The minimum Gasteiger partial charge on any atom is -0.469 e. The number of hydrogen-bond acceptors (Lipinski definition) is 7. The molecule has 0 radical (unpaired) electrons. The maximum Gasteiger partial charge on any atom is 0.308 e. The number of amides is 2. The van der Waals surface area contributed by atoms with Gasteiger partial charge in [-0.25, -0.2) is 0 Å². The molecule has 0 saturated carbocycles. The Morgan fingerprint density at radius 2 is 1.85 bits per heavy atom. The van der Waals surface area contributed by atoms with Crippen molar-refractivity contribution < 1.29 is 28.7 Å². The van der Waals surface area contributed by atoms with Crippen LogP contribution in [0.25, 0.3) is 0 Å². The Balaban J connectivity index is 3.06. The first-order chi connectivity index (χ1) is 12.2. The topological polar surface area (TPSA) is 113 Å². The van der Waals surface area contributed by atoms with Gasteiger partial charge < -0.3 is 19.9 Å². The number of ketones is 2. The van der Waals surface area contributed by atoms with Gasteiger partial charge in [-0.05, 0) is 20.4 Å². The van der Waals surface area contributed by atoms with Crippen molar-refractivity contribution in [1.29, 1.82) is 0 Å². The fourth-order valence-electron chi connectivity index (χ4n) is 2.95. The van der Waals surface area contributed by atoms with Crippen LogP contribution in [0.1, 0.15) is 33.6 Å². The Kier molecular flexibility index (Phi) is 8.37. The molecule has 0 aromatic rings. The SMILES string of the molecule is CCNC(CC(C)=O)C(=O)N1CCN(CC(C)=O)C(=O)C1CC(=O)OC. The molecule has 146 valence electrons. The number of ether oxygens (including phenoxy) is 1. The number of likely N-dealkylation sites (N-methyl/N-ethyl adjacent to an activating group) is 1. The van der Waals surface area contributed by atoms with Gasteiger partial charge in [0, 0.05) is 19.5 Å². The maximum atomic E-state index is 12.9. The molecular formula is C17H27N3O6. The quantitative estimate of drug-likeness (QED) is 0.526. The smallest absolute Gasteiger partial charge is 0.308 e. The Bertz CT molecular complexity index is 577. The van der Waals surface area contributed by atoms with E-state index in [0.717, 1.165) is 0 Å². The van der Waals surface area contributed by atoms with Crippen LogP contribution in [0.5, 0.6) is 0 Å². The van der Waals surface area contributed by atoms with Crippen LogP contribution in [-0.2, 0) is 28.7 Å². The van der Waals surface area contributed by atoms with E-state index >= 15 is 0 Å². The molecule has 1 heterocycles. The van der Waals surface area contributed by atoms with Gasteiger partial charge in [-0.15, -0.1) is 0 Å². The largest absolute Gasteiger partial charge is 0.469 e. The van der Waals surface area contributed by atoms with Gasteiger partial charge in [0.2, 0.25) is 11.8 Å². The fraction of sp³-hybridized carbons (Fsp3) is 0.706. The van der Waals surface area contributed by atoms with Gasteiger partial charge in [-0.2, -0.15) is 0 Å². The molecule has 0 spiro atoms. The zero-order chi connectivity index (χ0) is 19.9. The second-order valence-corrected chi connectivity index (χ2v) is 6.31. The molecule has 0 aromatic carbocycles. The van der Waals surface area contributed by atoms with Gasteiger partial charge in [0.15, 0.2) is 0 Å². The lowest BCUT2D eigenvalue weighted by molar-refractivity contribution is -0.158. The molecule has 1 fully saturated rings. The molecule has 0 bridgehead atoms. The molecule has 2 amide bonds. The molecule has 26 heavy (non-hydrogen) atoms. The average Bonchev–Trinajstić information content (AvgIpc) is 2.56. The Morgan fingerprint density at radius 1 is 1.19 bits per heavy atom. The molecule has 2 unspecified atom stereocenters. The normalized spacial score (nSPS) is 18.5. The molecular weight excluding hydrogens is 342 g/mol. The van der Waals surface area contributed by atoms with E-state index in [4.69, 9.17) is 0 Å². The lowest BCUT2D eigenvalue weighted by Crippen LogP contribution is -2.62. The van der Waals surface area contributed by atoms with Gasteiger partial charge in [-0.1, -0.05) is 6.92 Å². The second kappa shape index (κ2) is 10.0. The van der Waals surface area contributed by atoms with E-state index in [1.807, 2.05) is 6.92 Å². The Labute approximate surface area is 153 Å². The van der Waals surface area contributed by atoms with Crippen molar-refractivity contribution in [3.8, 4) is 0 Å². The molecule has 2 atom stereocenters. The zero-order valence-electron chi connectivity index (χ0n) is 15.7. The number of nitrogens with zero attached hydrogens (tertiary/aromatic N) is 2. The maximum absolute atomic E-state index is 12.9. The summed E-state index contributed by atoms with van der Waals surface area (Å²) < 4.78 is 4.63. The monoisotopic (exact) mass is 369 g/mol. The highest BCUT2D eigenvalue weighted by Crippen LogP contribution is 2.18. The van der Waals surface area contributed by atoms with Gasteiger partial charge in [0.1, 0.15) is 17.6 Å². The van der Waals surface area contributed by atoms with Crippen molar-refractivity contribution in [3.63, 3.8) is 0 Å². The summed E-state index contributed by atoms with van der Waals surface area (Å²) in [4.78, 5) is 62.8. The highest BCUT2D eigenvalue weighted by atomic mass is 16.5. The van der Waals surface area contributed by atoms with Crippen molar-refractivity contribution in [2.75, 3.05) is 33.3 Å². The summed E-state index contributed by atoms with van der Waals surface area (Å²) in [6, 6.07) is -1.80. The van der Waals surface area contributed by atoms with E-state index in [1.54, 1.807) is 0 Å². The third kappa shape index (κ3) is 5.91. The van der Waals surface area contributed by atoms with Crippen molar-refractivity contribution in [2.24, 2.45) is 0 Å². The second-order valence-electron chi connectivity index (χ2n) is 6.31. The standard InChI is InChI=1S/C17H27N3O6/c1-5-18-13(8-11(2)21)16(24)20-7-6-19(10-12(3)22)17(25)14(20)9-15(23)26-4/h13-14,18H,5-10H2,1-4H3. The number of hydrogen-bond donors (Lipinski definition) is 1. The molecule has 9 nitrogen and oxygen atoms in total. The number of carbonyl (C=O) groups is 5. The average molecular weight is 369 g/mol. The summed E-state index contributed by atoms with van der Waals surface area (Å²) in [5, 5.41) is 2.95. The first-order valence-electron chi connectivity index (χ1n) is 8.59. The van der Waals surface area contributed by atoms with Crippen LogP contribution in [0.15, 0.2) is 0 Å². The van der Waals surface area contributed by atoms with E-state index in [9.17, 15) is 24.0 Å². The number of nitrogens with one attached hydrogen (secondary N) is 1. The van der Waals surface area contributed by atoms with Crippen LogP contribution in [-0.4, -0.2) is 84.5 Å². The number of piperazine rings is 1. The number of esters is 1. The summed E-state index contributed by atoms with van der Waals surface area (Å²) in [5.41, 5.74) is 0. The summed E-state index contributed by atoms with van der Waals surface area (Å²) in [5.74, 6) is -1.85. The molecule has 1 aliphatic rings. The number of methoxy groups -OCH3 is 1. The summed E-state index contributed by atoms with van der Waals surface area (Å²) in [6.07, 6.45) is -0.298. The first kappa shape index (κ1) is 21.8. The number of Topliss-reactive ketones (excluding diaryl/α,β-unsaturated/α-hetero) is 2. The van der Waals surface area contributed by atoms with Gasteiger partial charge in [-0.3, -0.25) is 24.0 Å². The van der Waals surface area contributed by atoms with Crippen LogP contribution >= 0.6 is 0 Å². The van der Waals surface area contributed by atoms with Crippen LogP contribution < -0.4 is 5.32 Å². The summed E-state index contributed by atoms with van der Waals surface area (Å²) in [7, 11) is 1.20. The van der Waals surface area contributed by atoms with E-state index in [2.05, 4.69) is 10.1 Å². The van der Waals surface area contributed by atoms with Crippen LogP contribution in [0.2, 0.25) is 0 Å². The molecule has 0 aliphatic carbocycles. The summed E-state index contributed by atoms with van der Waals surface area (Å²) in [6.45, 7) is 5.35. The third-order valence-corrected chi connectivity index (χ3v) is 4.11. The van der Waals surface area contributed by atoms with Crippen LogP contribution in [0, 0.1) is 0 Å². The lowest BCUT2D eigenvalue weighted by atomic mass is 10.0. The van der Waals surface area contributed by atoms with Gasteiger partial charge in [0.25, 0.3) is 0 Å². The van der Waals surface area contributed by atoms with E-state index < -0.39 is 29.9 Å². The lowest BCUT2D eigenvalue weighted by Gasteiger charge is -2.41. The van der Waals surface area contributed by atoms with Crippen molar-refractivity contribution in [3.05, 3.63) is 0 Å². The van der Waals surface area contributed by atoms with Gasteiger partial charge >= 0.3 is 5.97 Å². The molecule has 1 N–H and O–H groups in total. The van der Waals surface area contributed by atoms with Crippen LogP contribution in [0.3, 0.4) is 0 Å². The molecule has 0 aromatic heterocycles. The first-order valence-corrected chi connectivity index (χ1v) is 8.59. The molecule has 9 heteroatoms. The molecule has 1 saturated heterocycles. The van der Waals surface area contributed by atoms with Crippen molar-refractivity contribution >= 4 is 29.4 Å².